The summed E-state index contributed by atoms with van der Waals surface area (Å²) in [5.41, 5.74) is 6.42. The SMILES string of the molecule is CCn1ncc(N)c1C(=O)NCc1ncn[nH]1. The molecule has 0 fully saturated rings. The van der Waals surface area contributed by atoms with E-state index in [-0.39, 0.29) is 12.5 Å². The molecule has 0 radical (unpaired) electrons. The van der Waals surface area contributed by atoms with Crippen molar-refractivity contribution in [3.8, 4) is 0 Å². The number of carbonyl (C=O) groups excluding carboxylic acids is 1. The zero-order chi connectivity index (χ0) is 12.3. The molecular weight excluding hydrogens is 222 g/mol. The lowest BCUT2D eigenvalue weighted by molar-refractivity contribution is 0.0940. The van der Waals surface area contributed by atoms with Crippen LogP contribution in [0.15, 0.2) is 12.5 Å². The van der Waals surface area contributed by atoms with Gasteiger partial charge in [0.05, 0.1) is 18.4 Å². The van der Waals surface area contributed by atoms with Crippen LogP contribution < -0.4 is 11.1 Å². The number of carbonyl (C=O) groups is 1. The van der Waals surface area contributed by atoms with Crippen molar-refractivity contribution in [2.75, 3.05) is 5.73 Å². The number of aromatic nitrogens is 5. The van der Waals surface area contributed by atoms with E-state index in [1.165, 1.54) is 12.5 Å². The molecule has 8 heteroatoms. The van der Waals surface area contributed by atoms with Gasteiger partial charge in [-0.25, -0.2) is 4.98 Å². The van der Waals surface area contributed by atoms with Crippen molar-refractivity contribution >= 4 is 11.6 Å². The number of aromatic amines is 1. The fourth-order valence-corrected chi connectivity index (χ4v) is 1.45. The van der Waals surface area contributed by atoms with Crippen LogP contribution in [0.4, 0.5) is 5.69 Å². The zero-order valence-electron chi connectivity index (χ0n) is 9.34. The number of hydrogen-bond donors (Lipinski definition) is 3. The first-order valence-electron chi connectivity index (χ1n) is 5.16. The highest BCUT2D eigenvalue weighted by molar-refractivity contribution is 5.97. The van der Waals surface area contributed by atoms with E-state index in [4.69, 9.17) is 5.73 Å². The summed E-state index contributed by atoms with van der Waals surface area (Å²) >= 11 is 0. The van der Waals surface area contributed by atoms with E-state index in [2.05, 4.69) is 25.6 Å². The van der Waals surface area contributed by atoms with Crippen LogP contribution in [-0.4, -0.2) is 30.9 Å². The molecule has 2 aromatic heterocycles. The Bertz CT molecular complexity index is 501. The molecule has 1 amide bonds. The summed E-state index contributed by atoms with van der Waals surface area (Å²) in [4.78, 5) is 15.8. The van der Waals surface area contributed by atoms with Gasteiger partial charge in [-0.15, -0.1) is 0 Å². The Kier molecular flexibility index (Phi) is 3.03. The molecule has 17 heavy (non-hydrogen) atoms. The molecule has 0 aliphatic rings. The Morgan fingerprint density at radius 2 is 2.47 bits per heavy atom. The molecule has 0 saturated heterocycles. The molecular formula is C9H13N7O. The molecule has 0 aliphatic carbocycles. The van der Waals surface area contributed by atoms with Crippen LogP contribution in [0.25, 0.3) is 0 Å². The molecule has 90 valence electrons. The molecule has 0 unspecified atom stereocenters. The minimum Gasteiger partial charge on any atom is -0.396 e. The molecule has 4 N–H and O–H groups in total. The number of nitrogen functional groups attached to an aromatic ring is 1. The number of H-pyrrole nitrogens is 1. The molecule has 0 saturated carbocycles. The van der Waals surface area contributed by atoms with Crippen LogP contribution in [0.1, 0.15) is 23.2 Å². The standard InChI is InChI=1S/C9H13N7O/c1-2-16-8(6(10)3-14-16)9(17)11-4-7-12-5-13-15-7/h3,5H,2,4,10H2,1H3,(H,11,17)(H,12,13,15). The maximum absolute atomic E-state index is 11.9. The Morgan fingerprint density at radius 1 is 1.65 bits per heavy atom. The van der Waals surface area contributed by atoms with Gasteiger partial charge in [-0.05, 0) is 6.92 Å². The fourth-order valence-electron chi connectivity index (χ4n) is 1.45. The summed E-state index contributed by atoms with van der Waals surface area (Å²) in [6.45, 7) is 2.75. The normalized spacial score (nSPS) is 10.4. The number of nitrogens with two attached hydrogens (primary N) is 1. The molecule has 0 aliphatic heterocycles. The van der Waals surface area contributed by atoms with Gasteiger partial charge in [0.15, 0.2) is 0 Å². The van der Waals surface area contributed by atoms with Crippen LogP contribution in [-0.2, 0) is 13.1 Å². The molecule has 2 rings (SSSR count). The molecule has 0 spiro atoms. The van der Waals surface area contributed by atoms with Gasteiger partial charge in [-0.1, -0.05) is 0 Å². The van der Waals surface area contributed by atoms with Gasteiger partial charge in [0.25, 0.3) is 5.91 Å². The van der Waals surface area contributed by atoms with Crippen LogP contribution >= 0.6 is 0 Å². The van der Waals surface area contributed by atoms with Crippen molar-refractivity contribution in [3.05, 3.63) is 24.0 Å². The van der Waals surface area contributed by atoms with Crippen molar-refractivity contribution in [1.82, 2.24) is 30.3 Å². The third kappa shape index (κ3) is 2.25. The highest BCUT2D eigenvalue weighted by atomic mass is 16.2. The maximum atomic E-state index is 11.9. The van der Waals surface area contributed by atoms with E-state index in [9.17, 15) is 4.79 Å². The number of anilines is 1. The first kappa shape index (κ1) is 11.1. The molecule has 0 bridgehead atoms. The average molecular weight is 235 g/mol. The Hall–Kier alpha value is -2.38. The fraction of sp³-hybridized carbons (Fsp3) is 0.333. The lowest BCUT2D eigenvalue weighted by Gasteiger charge is -2.06. The molecule has 0 aromatic carbocycles. The van der Waals surface area contributed by atoms with E-state index in [1.54, 1.807) is 4.68 Å². The number of aryl methyl sites for hydroxylation is 1. The number of hydrogen-bond acceptors (Lipinski definition) is 5. The number of nitrogens with one attached hydrogen (secondary N) is 2. The van der Waals surface area contributed by atoms with Crippen LogP contribution in [0, 0.1) is 0 Å². The zero-order valence-corrected chi connectivity index (χ0v) is 9.34. The van der Waals surface area contributed by atoms with Gasteiger partial charge in [0.1, 0.15) is 17.8 Å². The maximum Gasteiger partial charge on any atom is 0.272 e. The largest absolute Gasteiger partial charge is 0.396 e. The summed E-state index contributed by atoms with van der Waals surface area (Å²) in [5, 5.41) is 13.0. The summed E-state index contributed by atoms with van der Waals surface area (Å²) < 4.78 is 1.55. The minimum atomic E-state index is -0.279. The summed E-state index contributed by atoms with van der Waals surface area (Å²) in [6.07, 6.45) is 2.85. The van der Waals surface area contributed by atoms with Gasteiger partial charge < -0.3 is 11.1 Å². The van der Waals surface area contributed by atoms with E-state index >= 15 is 0 Å². The van der Waals surface area contributed by atoms with Gasteiger partial charge in [-0.3, -0.25) is 14.6 Å². The van der Waals surface area contributed by atoms with Crippen molar-refractivity contribution in [1.29, 1.82) is 0 Å². The third-order valence-corrected chi connectivity index (χ3v) is 2.26. The van der Waals surface area contributed by atoms with E-state index < -0.39 is 0 Å². The number of rotatable bonds is 4. The van der Waals surface area contributed by atoms with Gasteiger partial charge in [-0.2, -0.15) is 10.2 Å². The van der Waals surface area contributed by atoms with Crippen LogP contribution in [0.5, 0.6) is 0 Å². The average Bonchev–Trinajstić information content (AvgIpc) is 2.94. The lowest BCUT2D eigenvalue weighted by Crippen LogP contribution is -2.27. The second-order valence-corrected chi connectivity index (χ2v) is 3.38. The monoisotopic (exact) mass is 235 g/mol. The predicted octanol–water partition coefficient (Wildman–Crippen LogP) is -0.467. The summed E-state index contributed by atoms with van der Waals surface area (Å²) in [6, 6.07) is 0. The second-order valence-electron chi connectivity index (χ2n) is 3.38. The third-order valence-electron chi connectivity index (χ3n) is 2.26. The molecule has 8 nitrogen and oxygen atoms in total. The van der Waals surface area contributed by atoms with Crippen LogP contribution in [0.2, 0.25) is 0 Å². The van der Waals surface area contributed by atoms with Crippen molar-refractivity contribution in [2.24, 2.45) is 0 Å². The molecule has 2 heterocycles. The Labute approximate surface area is 97.2 Å². The quantitative estimate of drug-likeness (QED) is 0.663. The Morgan fingerprint density at radius 3 is 3.12 bits per heavy atom. The number of amides is 1. The van der Waals surface area contributed by atoms with E-state index in [0.29, 0.717) is 23.8 Å². The van der Waals surface area contributed by atoms with Gasteiger partial charge >= 0.3 is 0 Å². The summed E-state index contributed by atoms with van der Waals surface area (Å²) in [5.74, 6) is 0.303. The van der Waals surface area contributed by atoms with Crippen molar-refractivity contribution < 1.29 is 4.79 Å². The van der Waals surface area contributed by atoms with Gasteiger partial charge in [0.2, 0.25) is 0 Å². The summed E-state index contributed by atoms with van der Waals surface area (Å²) in [7, 11) is 0. The Balaban J connectivity index is 2.06. The minimum absolute atomic E-state index is 0.271. The van der Waals surface area contributed by atoms with Crippen LogP contribution in [0.3, 0.4) is 0 Å². The first-order chi connectivity index (χ1) is 8.22. The topological polar surface area (TPSA) is 115 Å². The second kappa shape index (κ2) is 4.64. The van der Waals surface area contributed by atoms with Crippen molar-refractivity contribution in [2.45, 2.75) is 20.0 Å². The molecule has 0 atom stereocenters. The number of nitrogens with zero attached hydrogens (tertiary/aromatic N) is 4. The first-order valence-corrected chi connectivity index (χ1v) is 5.16. The van der Waals surface area contributed by atoms with E-state index in [1.807, 2.05) is 6.92 Å². The highest BCUT2D eigenvalue weighted by Gasteiger charge is 2.15. The lowest BCUT2D eigenvalue weighted by atomic mass is 10.3. The van der Waals surface area contributed by atoms with E-state index in [0.717, 1.165) is 0 Å². The highest BCUT2D eigenvalue weighted by Crippen LogP contribution is 2.10. The van der Waals surface area contributed by atoms with Crippen molar-refractivity contribution in [3.63, 3.8) is 0 Å². The predicted molar refractivity (Wildman–Crippen MR) is 59.9 cm³/mol. The smallest absolute Gasteiger partial charge is 0.272 e. The molecule has 2 aromatic rings. The van der Waals surface area contributed by atoms with Gasteiger partial charge in [0, 0.05) is 6.54 Å².